The average molecular weight is 654 g/mol. The van der Waals surface area contributed by atoms with Gasteiger partial charge in [0, 0.05) is 41.9 Å². The summed E-state index contributed by atoms with van der Waals surface area (Å²) >= 11 is 0. The summed E-state index contributed by atoms with van der Waals surface area (Å²) < 4.78 is 37.4. The molecule has 1 saturated heterocycles. The first kappa shape index (κ1) is 32.4. The van der Waals surface area contributed by atoms with Crippen LogP contribution in [0.2, 0.25) is 0 Å². The zero-order valence-electron chi connectivity index (χ0n) is 26.9. The van der Waals surface area contributed by atoms with E-state index in [4.69, 9.17) is 18.9 Å². The largest absolute Gasteiger partial charge is 0.497 e. The van der Waals surface area contributed by atoms with Crippen molar-refractivity contribution in [3.63, 3.8) is 0 Å². The van der Waals surface area contributed by atoms with Gasteiger partial charge in [0.1, 0.15) is 34.9 Å². The molecule has 10 nitrogen and oxygen atoms in total. The fourth-order valence-electron chi connectivity index (χ4n) is 5.89. The molecule has 0 radical (unpaired) electrons. The highest BCUT2D eigenvalue weighted by Crippen LogP contribution is 2.29. The van der Waals surface area contributed by atoms with Gasteiger partial charge in [0.2, 0.25) is 0 Å². The second-order valence-electron chi connectivity index (χ2n) is 11.8. The molecule has 2 N–H and O–H groups in total. The van der Waals surface area contributed by atoms with Crippen molar-refractivity contribution in [3.8, 4) is 23.0 Å². The van der Waals surface area contributed by atoms with Crippen molar-refractivity contribution in [1.29, 1.82) is 0 Å². The number of rotatable bonds is 5. The van der Waals surface area contributed by atoms with E-state index in [-0.39, 0.29) is 55.2 Å². The molecule has 7 rings (SSSR count). The molecule has 3 heterocycles. The zero-order chi connectivity index (χ0) is 33.8. The molecule has 0 aliphatic carbocycles. The molecular formula is C37H36FN3O7. The molecule has 1 fully saturated rings. The maximum absolute atomic E-state index is 14.3. The van der Waals surface area contributed by atoms with Gasteiger partial charge < -0.3 is 34.5 Å². The second-order valence-corrected chi connectivity index (χ2v) is 11.8. The number of halogens is 1. The molecule has 248 valence electrons. The van der Waals surface area contributed by atoms with Crippen LogP contribution in [-0.4, -0.2) is 68.7 Å². The van der Waals surface area contributed by atoms with Gasteiger partial charge in [-0.25, -0.2) is 4.39 Å². The molecule has 4 aromatic carbocycles. The van der Waals surface area contributed by atoms with Gasteiger partial charge in [0.05, 0.1) is 26.8 Å². The maximum atomic E-state index is 14.3. The van der Waals surface area contributed by atoms with Gasteiger partial charge in [0.25, 0.3) is 17.7 Å². The number of hydrogen-bond acceptors (Lipinski definition) is 7. The monoisotopic (exact) mass is 653 g/mol. The molecule has 4 bridgehead atoms. The summed E-state index contributed by atoms with van der Waals surface area (Å²) in [6, 6.07) is 21.7. The predicted octanol–water partition coefficient (Wildman–Crippen LogP) is 4.45. The Morgan fingerprint density at radius 3 is 2.58 bits per heavy atom. The average Bonchev–Trinajstić information content (AvgIpc) is 3.49. The first-order chi connectivity index (χ1) is 23.2. The van der Waals surface area contributed by atoms with E-state index in [1.807, 2.05) is 18.2 Å². The van der Waals surface area contributed by atoms with E-state index < -0.39 is 18.1 Å². The van der Waals surface area contributed by atoms with Crippen LogP contribution < -0.4 is 29.6 Å². The normalized spacial score (nSPS) is 17.7. The van der Waals surface area contributed by atoms with E-state index in [9.17, 15) is 18.8 Å². The number of fused-ring (bicyclic) bond motifs is 7. The summed E-state index contributed by atoms with van der Waals surface area (Å²) in [7, 11) is 3.00. The fraction of sp³-hybridized carbons (Fsp3) is 0.270. The molecule has 0 aromatic heterocycles. The number of methoxy groups -OCH3 is 2. The van der Waals surface area contributed by atoms with Crippen molar-refractivity contribution in [2.45, 2.75) is 32.0 Å². The predicted molar refractivity (Wildman–Crippen MR) is 175 cm³/mol. The molecule has 3 amide bonds. The molecule has 11 heteroatoms. The molecule has 0 spiro atoms. The van der Waals surface area contributed by atoms with Gasteiger partial charge >= 0.3 is 0 Å². The summed E-state index contributed by atoms with van der Waals surface area (Å²) in [5, 5.41) is 5.85. The Labute approximate surface area is 277 Å². The summed E-state index contributed by atoms with van der Waals surface area (Å²) in [6.45, 7) is 1.98. The van der Waals surface area contributed by atoms with Crippen LogP contribution in [0.25, 0.3) is 0 Å². The third kappa shape index (κ3) is 7.20. The van der Waals surface area contributed by atoms with Crippen molar-refractivity contribution in [1.82, 2.24) is 15.5 Å². The number of amides is 3. The van der Waals surface area contributed by atoms with E-state index in [1.165, 1.54) is 26.4 Å². The van der Waals surface area contributed by atoms with Crippen LogP contribution in [0.3, 0.4) is 0 Å². The highest BCUT2D eigenvalue weighted by molar-refractivity contribution is 5.97. The number of likely N-dealkylation sites (tertiary alicyclic amines) is 1. The summed E-state index contributed by atoms with van der Waals surface area (Å²) in [5.74, 6) is 0.307. The smallest absolute Gasteiger partial charge is 0.258 e. The van der Waals surface area contributed by atoms with Gasteiger partial charge in [-0.1, -0.05) is 30.3 Å². The third-order valence-electron chi connectivity index (χ3n) is 8.52. The number of carbonyl (C=O) groups excluding carboxylic acids is 3. The van der Waals surface area contributed by atoms with Crippen LogP contribution in [0, 0.1) is 12.7 Å². The Hall–Kier alpha value is -5.58. The first-order valence-corrected chi connectivity index (χ1v) is 15.6. The van der Waals surface area contributed by atoms with Gasteiger partial charge in [-0.2, -0.15) is 0 Å². The summed E-state index contributed by atoms with van der Waals surface area (Å²) in [5.41, 5.74) is 3.53. The van der Waals surface area contributed by atoms with E-state index in [2.05, 4.69) is 10.6 Å². The van der Waals surface area contributed by atoms with E-state index in [0.717, 1.165) is 16.7 Å². The van der Waals surface area contributed by atoms with Crippen molar-refractivity contribution in [3.05, 3.63) is 118 Å². The Balaban J connectivity index is 1.31. The highest BCUT2D eigenvalue weighted by atomic mass is 19.1. The Morgan fingerprint density at radius 2 is 1.79 bits per heavy atom. The van der Waals surface area contributed by atoms with Gasteiger partial charge in [-0.05, 0) is 66.4 Å². The Morgan fingerprint density at radius 1 is 0.958 bits per heavy atom. The van der Waals surface area contributed by atoms with Gasteiger partial charge in [-0.15, -0.1) is 0 Å². The molecule has 4 aromatic rings. The fourth-order valence-corrected chi connectivity index (χ4v) is 5.89. The summed E-state index contributed by atoms with van der Waals surface area (Å²) in [4.78, 5) is 42.0. The number of hydrogen-bond donors (Lipinski definition) is 2. The van der Waals surface area contributed by atoms with Crippen LogP contribution in [0.4, 0.5) is 4.39 Å². The second kappa shape index (κ2) is 14.0. The van der Waals surface area contributed by atoms with Crippen LogP contribution >= 0.6 is 0 Å². The number of nitrogens with one attached hydrogen (secondary N) is 2. The third-order valence-corrected chi connectivity index (χ3v) is 8.52. The zero-order valence-corrected chi connectivity index (χ0v) is 26.9. The molecular weight excluding hydrogens is 617 g/mol. The van der Waals surface area contributed by atoms with Crippen molar-refractivity contribution < 1.29 is 37.7 Å². The number of carbonyl (C=O) groups is 3. The number of benzene rings is 4. The quantitative estimate of drug-likeness (QED) is 0.327. The van der Waals surface area contributed by atoms with Crippen LogP contribution in [0.15, 0.2) is 78.9 Å². The van der Waals surface area contributed by atoms with Crippen LogP contribution in [0.5, 0.6) is 23.0 Å². The van der Waals surface area contributed by atoms with Crippen molar-refractivity contribution >= 4 is 17.7 Å². The van der Waals surface area contributed by atoms with Crippen LogP contribution in [0.1, 0.15) is 43.0 Å². The van der Waals surface area contributed by atoms with E-state index in [1.54, 1.807) is 60.4 Å². The lowest BCUT2D eigenvalue weighted by atomic mass is 9.98. The first-order valence-electron chi connectivity index (χ1n) is 15.6. The SMILES string of the molecule is COc1cc2cc(c1)C(=O)N[C@H]1CN(C(=O)c3ccccc3Cc3ccc(C)c(F)c3)C[C@@H]1Oc1ccc(c(OC)c1)CNC(=O)CO2. The molecule has 2 atom stereocenters. The minimum absolute atomic E-state index is 0.170. The van der Waals surface area contributed by atoms with E-state index in [0.29, 0.717) is 34.8 Å². The topological polar surface area (TPSA) is 115 Å². The molecule has 0 unspecified atom stereocenters. The lowest BCUT2D eigenvalue weighted by molar-refractivity contribution is -0.123. The standard InChI is InChI=1S/C37H36FN3O7/c1-22-8-9-23(13-31(22)38)12-24-6-4-5-7-30(24)37(44)41-19-32-34(20-41)48-27-11-10-25(33(17-27)46-3)18-39-35(42)21-47-29-15-26(36(43)40-32)14-28(16-29)45-2/h4-11,13-17,32,34H,12,18-21H2,1-3H3,(H,39,42)(H,40,43)/t32-,34-/m0/s1. The summed E-state index contributed by atoms with van der Waals surface area (Å²) in [6.07, 6.45) is -0.247. The number of nitrogens with zero attached hydrogens (tertiary/aromatic N) is 1. The maximum Gasteiger partial charge on any atom is 0.258 e. The highest BCUT2D eigenvalue weighted by Gasteiger charge is 2.39. The van der Waals surface area contributed by atoms with E-state index >= 15 is 0 Å². The van der Waals surface area contributed by atoms with Crippen molar-refractivity contribution in [2.24, 2.45) is 0 Å². The molecule has 3 aliphatic rings. The molecule has 0 saturated carbocycles. The van der Waals surface area contributed by atoms with Gasteiger partial charge in [0.15, 0.2) is 6.61 Å². The Bertz CT molecular complexity index is 1860. The van der Waals surface area contributed by atoms with Gasteiger partial charge in [-0.3, -0.25) is 14.4 Å². The number of ether oxygens (including phenoxy) is 4. The lowest BCUT2D eigenvalue weighted by Crippen LogP contribution is -2.45. The van der Waals surface area contributed by atoms with Crippen molar-refractivity contribution in [2.75, 3.05) is 33.9 Å². The lowest BCUT2D eigenvalue weighted by Gasteiger charge is -2.22. The minimum Gasteiger partial charge on any atom is -0.497 e. The Kier molecular flexibility index (Phi) is 9.47. The number of aryl methyl sites for hydroxylation is 1. The molecule has 3 aliphatic heterocycles. The van der Waals surface area contributed by atoms with Crippen LogP contribution in [-0.2, 0) is 17.8 Å². The molecule has 48 heavy (non-hydrogen) atoms. The minimum atomic E-state index is -0.622.